The molecule has 0 saturated heterocycles. The van der Waals surface area contributed by atoms with E-state index in [0.29, 0.717) is 0 Å². The van der Waals surface area contributed by atoms with Gasteiger partial charge in [0, 0.05) is 21.4 Å². The van der Waals surface area contributed by atoms with E-state index in [1.807, 2.05) is 11.3 Å². The van der Waals surface area contributed by atoms with Crippen LogP contribution in [0.2, 0.25) is 0 Å². The van der Waals surface area contributed by atoms with Crippen molar-refractivity contribution in [3.8, 4) is 22.4 Å². The second kappa shape index (κ2) is 6.73. The third kappa shape index (κ3) is 2.91. The Morgan fingerprint density at radius 2 is 1.68 bits per heavy atom. The number of fused-ring (bicyclic) bond motifs is 6. The lowest BCUT2D eigenvalue weighted by molar-refractivity contribution is 0.596. The van der Waals surface area contributed by atoms with Crippen molar-refractivity contribution < 1.29 is 0 Å². The summed E-state index contributed by atoms with van der Waals surface area (Å²) >= 11 is 1.83. The van der Waals surface area contributed by atoms with E-state index in [2.05, 4.69) is 86.4 Å². The van der Waals surface area contributed by atoms with Gasteiger partial charge in [-0.3, -0.25) is 0 Å². The van der Waals surface area contributed by atoms with Crippen molar-refractivity contribution in [2.24, 2.45) is 0 Å². The molecule has 1 aliphatic rings. The predicted molar refractivity (Wildman–Crippen MR) is 132 cm³/mol. The van der Waals surface area contributed by atoms with Crippen LogP contribution in [0.4, 0.5) is 0 Å². The van der Waals surface area contributed by atoms with E-state index in [1.165, 1.54) is 48.9 Å². The highest BCUT2D eigenvalue weighted by Crippen LogP contribution is 2.46. The fourth-order valence-corrected chi connectivity index (χ4v) is 6.11. The zero-order chi connectivity index (χ0) is 21.2. The second-order valence-corrected chi connectivity index (χ2v) is 10.5. The number of aryl methyl sites for hydroxylation is 2. The van der Waals surface area contributed by atoms with Crippen LogP contribution in [0, 0.1) is 0 Å². The van der Waals surface area contributed by atoms with Crippen LogP contribution in [0.1, 0.15) is 36.8 Å². The predicted octanol–water partition coefficient (Wildman–Crippen LogP) is 7.57. The smallest absolute Gasteiger partial charge is 0.128 e. The van der Waals surface area contributed by atoms with Crippen LogP contribution in [0.5, 0.6) is 0 Å². The third-order valence-electron chi connectivity index (χ3n) is 6.41. The molecule has 0 bridgehead atoms. The summed E-state index contributed by atoms with van der Waals surface area (Å²) in [5, 5.41) is 3.80. The molecule has 1 aliphatic carbocycles. The standard InChI is InChI=1S/C28H24N2S/c1-28(2,3)22-15-19(14-18-9-5-6-10-20(18)22)26-25-24-21-11-7-4-8-17(21)12-13-23(24)31-27(25)30-16-29-26/h4-11,14-16H,12-13H2,1-3H3. The fraction of sp³-hybridized carbons (Fsp3) is 0.214. The van der Waals surface area contributed by atoms with Crippen molar-refractivity contribution in [2.75, 3.05) is 0 Å². The van der Waals surface area contributed by atoms with Gasteiger partial charge in [-0.2, -0.15) is 0 Å². The van der Waals surface area contributed by atoms with Gasteiger partial charge in [0.2, 0.25) is 0 Å². The van der Waals surface area contributed by atoms with Crippen LogP contribution in [-0.4, -0.2) is 9.97 Å². The number of rotatable bonds is 1. The van der Waals surface area contributed by atoms with Crippen molar-refractivity contribution in [2.45, 2.75) is 39.0 Å². The molecular formula is C28H24N2S. The van der Waals surface area contributed by atoms with Gasteiger partial charge in [-0.05, 0) is 57.9 Å². The van der Waals surface area contributed by atoms with Gasteiger partial charge in [-0.1, -0.05) is 69.3 Å². The van der Waals surface area contributed by atoms with E-state index < -0.39 is 0 Å². The Labute approximate surface area is 186 Å². The Morgan fingerprint density at radius 1 is 0.871 bits per heavy atom. The number of thiophene rings is 1. The molecule has 31 heavy (non-hydrogen) atoms. The molecular weight excluding hydrogens is 396 g/mol. The maximum Gasteiger partial charge on any atom is 0.128 e. The minimum atomic E-state index is 0.0441. The summed E-state index contributed by atoms with van der Waals surface area (Å²) in [7, 11) is 0. The zero-order valence-corrected chi connectivity index (χ0v) is 18.9. The molecule has 152 valence electrons. The first-order valence-electron chi connectivity index (χ1n) is 10.9. The molecule has 0 unspecified atom stereocenters. The average molecular weight is 421 g/mol. The lowest BCUT2D eigenvalue weighted by atomic mass is 9.82. The molecule has 0 N–H and O–H groups in total. The van der Waals surface area contributed by atoms with Crippen LogP contribution in [-0.2, 0) is 18.3 Å². The van der Waals surface area contributed by atoms with Gasteiger partial charge in [0.25, 0.3) is 0 Å². The van der Waals surface area contributed by atoms with Gasteiger partial charge < -0.3 is 0 Å². The molecule has 6 rings (SSSR count). The minimum Gasteiger partial charge on any atom is -0.236 e. The normalized spacial score (nSPS) is 13.4. The third-order valence-corrected chi connectivity index (χ3v) is 7.57. The molecule has 0 radical (unpaired) electrons. The highest BCUT2D eigenvalue weighted by molar-refractivity contribution is 7.19. The molecule has 2 nitrogen and oxygen atoms in total. The van der Waals surface area contributed by atoms with Crippen molar-refractivity contribution >= 4 is 32.3 Å². The van der Waals surface area contributed by atoms with Crippen molar-refractivity contribution in [3.63, 3.8) is 0 Å². The summed E-state index contributed by atoms with van der Waals surface area (Å²) < 4.78 is 0. The van der Waals surface area contributed by atoms with Gasteiger partial charge in [0.1, 0.15) is 11.2 Å². The van der Waals surface area contributed by atoms with Crippen LogP contribution in [0.25, 0.3) is 43.4 Å². The molecule has 3 heteroatoms. The quantitative estimate of drug-likeness (QED) is 0.279. The fourth-order valence-electron chi connectivity index (χ4n) is 4.96. The average Bonchev–Trinajstić information content (AvgIpc) is 3.17. The summed E-state index contributed by atoms with van der Waals surface area (Å²) in [5.74, 6) is 0. The maximum atomic E-state index is 4.86. The van der Waals surface area contributed by atoms with Crippen LogP contribution >= 0.6 is 11.3 Å². The van der Waals surface area contributed by atoms with Gasteiger partial charge in [0.05, 0.1) is 5.69 Å². The van der Waals surface area contributed by atoms with Crippen molar-refractivity contribution in [1.29, 1.82) is 0 Å². The second-order valence-electron chi connectivity index (χ2n) is 9.45. The largest absolute Gasteiger partial charge is 0.236 e. The van der Waals surface area contributed by atoms with E-state index in [4.69, 9.17) is 4.98 Å². The summed E-state index contributed by atoms with van der Waals surface area (Å²) in [6, 6.07) is 22.2. The molecule has 0 fully saturated rings. The molecule has 0 amide bonds. The Hall–Kier alpha value is -3.04. The van der Waals surface area contributed by atoms with Crippen LogP contribution < -0.4 is 0 Å². The first kappa shape index (κ1) is 18.7. The van der Waals surface area contributed by atoms with Gasteiger partial charge in [0.15, 0.2) is 0 Å². The molecule has 3 aromatic carbocycles. The molecule has 5 aromatic rings. The Kier molecular flexibility index (Phi) is 4.06. The van der Waals surface area contributed by atoms with Crippen molar-refractivity contribution in [3.05, 3.63) is 83.0 Å². The van der Waals surface area contributed by atoms with E-state index in [0.717, 1.165) is 23.4 Å². The lowest BCUT2D eigenvalue weighted by Gasteiger charge is -2.23. The highest BCUT2D eigenvalue weighted by atomic mass is 32.1. The zero-order valence-electron chi connectivity index (χ0n) is 18.1. The summed E-state index contributed by atoms with van der Waals surface area (Å²) in [6.45, 7) is 6.87. The number of nitrogens with zero attached hydrogens (tertiary/aromatic N) is 2. The van der Waals surface area contributed by atoms with Gasteiger partial charge >= 0.3 is 0 Å². The van der Waals surface area contributed by atoms with E-state index in [-0.39, 0.29) is 5.41 Å². The first-order valence-corrected chi connectivity index (χ1v) is 11.7. The minimum absolute atomic E-state index is 0.0441. The topological polar surface area (TPSA) is 25.8 Å². The van der Waals surface area contributed by atoms with E-state index in [1.54, 1.807) is 6.33 Å². The highest BCUT2D eigenvalue weighted by Gasteiger charge is 2.25. The molecule has 2 heterocycles. The number of hydrogen-bond donors (Lipinski definition) is 0. The molecule has 0 spiro atoms. The SMILES string of the molecule is CC(C)(C)c1cc(-c2ncnc3sc4c(c23)-c2ccccc2CC4)cc2ccccc12. The van der Waals surface area contributed by atoms with Crippen molar-refractivity contribution in [1.82, 2.24) is 9.97 Å². The van der Waals surface area contributed by atoms with E-state index in [9.17, 15) is 0 Å². The molecule has 0 atom stereocenters. The lowest BCUT2D eigenvalue weighted by Crippen LogP contribution is -2.12. The Balaban J connectivity index is 1.69. The first-order chi connectivity index (χ1) is 15.0. The van der Waals surface area contributed by atoms with Gasteiger partial charge in [-0.25, -0.2) is 9.97 Å². The van der Waals surface area contributed by atoms with E-state index >= 15 is 0 Å². The number of hydrogen-bond acceptors (Lipinski definition) is 3. The summed E-state index contributed by atoms with van der Waals surface area (Å²) in [6.07, 6.45) is 3.91. The summed E-state index contributed by atoms with van der Waals surface area (Å²) in [4.78, 5) is 12.1. The molecule has 2 aromatic heterocycles. The monoisotopic (exact) mass is 420 g/mol. The number of benzene rings is 3. The van der Waals surface area contributed by atoms with Crippen LogP contribution in [0.3, 0.4) is 0 Å². The maximum absolute atomic E-state index is 4.86. The Bertz CT molecular complexity index is 1470. The molecule has 0 saturated carbocycles. The Morgan fingerprint density at radius 3 is 2.55 bits per heavy atom. The van der Waals surface area contributed by atoms with Crippen LogP contribution in [0.15, 0.2) is 67.0 Å². The molecule has 0 aliphatic heterocycles. The summed E-state index contributed by atoms with van der Waals surface area (Å²) in [5.41, 5.74) is 7.76. The number of aromatic nitrogens is 2. The van der Waals surface area contributed by atoms with Gasteiger partial charge in [-0.15, -0.1) is 11.3 Å².